The summed E-state index contributed by atoms with van der Waals surface area (Å²) in [6, 6.07) is 4.97. The maximum absolute atomic E-state index is 13.0. The van der Waals surface area contributed by atoms with Crippen LogP contribution in [-0.4, -0.2) is 37.4 Å². The van der Waals surface area contributed by atoms with E-state index in [0.717, 1.165) is 16.7 Å². The van der Waals surface area contributed by atoms with Gasteiger partial charge in [0.15, 0.2) is 5.13 Å². The van der Waals surface area contributed by atoms with Gasteiger partial charge in [-0.05, 0) is 37.6 Å². The van der Waals surface area contributed by atoms with Crippen molar-refractivity contribution in [3.63, 3.8) is 0 Å². The largest absolute Gasteiger partial charge is 0.320 e. The molecule has 1 atom stereocenters. The van der Waals surface area contributed by atoms with E-state index in [2.05, 4.69) is 10.3 Å². The van der Waals surface area contributed by atoms with E-state index in [1.54, 1.807) is 12.1 Å². The van der Waals surface area contributed by atoms with Gasteiger partial charge in [-0.25, -0.2) is 17.8 Å². The number of thiazole rings is 1. The van der Waals surface area contributed by atoms with Gasteiger partial charge in [0.05, 0.1) is 17.5 Å². The van der Waals surface area contributed by atoms with Crippen LogP contribution in [0.1, 0.15) is 11.3 Å². The van der Waals surface area contributed by atoms with Crippen molar-refractivity contribution in [3.8, 4) is 11.3 Å². The molecule has 1 heterocycles. The zero-order valence-corrected chi connectivity index (χ0v) is 16.1. The molecule has 2 aromatic rings. The van der Waals surface area contributed by atoms with E-state index in [1.165, 1.54) is 23.5 Å². The average molecular weight is 408 g/mol. The molecule has 0 radical (unpaired) electrons. The Bertz CT molecular complexity index is 838. The molecule has 138 valence electrons. The number of nitrogens with zero attached hydrogens (tertiary/aromatic N) is 1. The molecule has 0 spiro atoms. The summed E-state index contributed by atoms with van der Waals surface area (Å²) < 4.78 is 35.2. The number of anilines is 1. The SMILES string of the molecule is Cc1sc(NC(=O)C(N)CCS(C)(=O)=O)nc1-c1ccc(F)cc1.Cl. The van der Waals surface area contributed by atoms with E-state index in [4.69, 9.17) is 5.73 Å². The summed E-state index contributed by atoms with van der Waals surface area (Å²) in [5.74, 6) is -0.977. The summed E-state index contributed by atoms with van der Waals surface area (Å²) in [6.45, 7) is 1.84. The number of nitrogens with one attached hydrogen (secondary N) is 1. The highest BCUT2D eigenvalue weighted by atomic mass is 35.5. The Balaban J connectivity index is 0.00000312. The third-order valence-corrected chi connectivity index (χ3v) is 5.14. The molecule has 10 heteroatoms. The number of hydrogen-bond donors (Lipinski definition) is 2. The van der Waals surface area contributed by atoms with Crippen molar-refractivity contribution in [2.75, 3.05) is 17.3 Å². The number of carbonyl (C=O) groups excluding carboxylic acids is 1. The van der Waals surface area contributed by atoms with Crippen molar-refractivity contribution in [2.45, 2.75) is 19.4 Å². The Morgan fingerprint density at radius 1 is 1.36 bits per heavy atom. The van der Waals surface area contributed by atoms with Crippen LogP contribution >= 0.6 is 23.7 Å². The van der Waals surface area contributed by atoms with E-state index in [-0.39, 0.29) is 30.4 Å². The first-order chi connectivity index (χ1) is 11.2. The monoisotopic (exact) mass is 407 g/mol. The molecule has 1 unspecified atom stereocenters. The van der Waals surface area contributed by atoms with Gasteiger partial charge in [-0.3, -0.25) is 4.79 Å². The van der Waals surface area contributed by atoms with E-state index in [0.29, 0.717) is 10.8 Å². The normalized spacial score (nSPS) is 12.3. The zero-order valence-electron chi connectivity index (χ0n) is 13.7. The topological polar surface area (TPSA) is 102 Å². The highest BCUT2D eigenvalue weighted by Gasteiger charge is 2.18. The molecular formula is C15H19ClFN3O3S2. The van der Waals surface area contributed by atoms with Crippen molar-refractivity contribution in [1.29, 1.82) is 0 Å². The summed E-state index contributed by atoms with van der Waals surface area (Å²) >= 11 is 1.27. The standard InChI is InChI=1S/C15H18FN3O3S2.ClH/c1-9-13(10-3-5-11(16)6-4-10)18-15(23-9)19-14(20)12(17)7-8-24(2,21)22;/h3-6,12H,7-8,17H2,1-2H3,(H,18,19,20);1H. The lowest BCUT2D eigenvalue weighted by molar-refractivity contribution is -0.117. The summed E-state index contributed by atoms with van der Waals surface area (Å²) in [6.07, 6.45) is 1.14. The summed E-state index contributed by atoms with van der Waals surface area (Å²) in [4.78, 5) is 17.2. The molecule has 0 fully saturated rings. The molecule has 1 amide bonds. The second-order valence-corrected chi connectivity index (χ2v) is 8.91. The number of nitrogens with two attached hydrogens (primary N) is 1. The number of amides is 1. The number of aromatic nitrogens is 1. The molecule has 1 aromatic heterocycles. The molecule has 0 saturated carbocycles. The van der Waals surface area contributed by atoms with Crippen molar-refractivity contribution in [1.82, 2.24) is 4.98 Å². The van der Waals surface area contributed by atoms with Crippen LogP contribution < -0.4 is 11.1 Å². The fourth-order valence-corrected chi connectivity index (χ4v) is 3.52. The number of hydrogen-bond acceptors (Lipinski definition) is 6. The van der Waals surface area contributed by atoms with Crippen LogP contribution in [0.3, 0.4) is 0 Å². The van der Waals surface area contributed by atoms with Crippen LogP contribution in [-0.2, 0) is 14.6 Å². The number of aryl methyl sites for hydroxylation is 1. The number of rotatable bonds is 6. The first-order valence-corrected chi connectivity index (χ1v) is 10.0. The molecule has 2 rings (SSSR count). The molecule has 0 aliphatic carbocycles. The molecule has 3 N–H and O–H groups in total. The van der Waals surface area contributed by atoms with Crippen molar-refractivity contribution in [2.24, 2.45) is 5.73 Å². The Hall–Kier alpha value is -1.55. The lowest BCUT2D eigenvalue weighted by Crippen LogP contribution is -2.37. The number of benzene rings is 1. The molecule has 1 aromatic carbocycles. The van der Waals surface area contributed by atoms with Gasteiger partial charge in [0, 0.05) is 16.7 Å². The maximum atomic E-state index is 13.0. The Labute approximate surface area is 156 Å². The van der Waals surface area contributed by atoms with Gasteiger partial charge in [0.2, 0.25) is 5.91 Å². The number of sulfone groups is 1. The van der Waals surface area contributed by atoms with E-state index in [9.17, 15) is 17.6 Å². The first kappa shape index (κ1) is 21.5. The molecule has 0 bridgehead atoms. The summed E-state index contributed by atoms with van der Waals surface area (Å²) in [5.41, 5.74) is 7.10. The molecular weight excluding hydrogens is 389 g/mol. The second-order valence-electron chi connectivity index (χ2n) is 5.44. The summed E-state index contributed by atoms with van der Waals surface area (Å²) in [5, 5.41) is 2.96. The Morgan fingerprint density at radius 3 is 2.52 bits per heavy atom. The molecule has 0 aliphatic heterocycles. The van der Waals surface area contributed by atoms with Crippen LogP contribution in [0, 0.1) is 12.7 Å². The van der Waals surface area contributed by atoms with Gasteiger partial charge in [0.1, 0.15) is 15.7 Å². The maximum Gasteiger partial charge on any atom is 0.243 e. The number of halogens is 2. The third-order valence-electron chi connectivity index (χ3n) is 3.28. The predicted octanol–water partition coefficient (Wildman–Crippen LogP) is 2.38. The van der Waals surface area contributed by atoms with Gasteiger partial charge in [-0.15, -0.1) is 23.7 Å². The highest BCUT2D eigenvalue weighted by Crippen LogP contribution is 2.30. The second kappa shape index (κ2) is 8.70. The van der Waals surface area contributed by atoms with Crippen LogP contribution in [0.5, 0.6) is 0 Å². The van der Waals surface area contributed by atoms with Gasteiger partial charge >= 0.3 is 0 Å². The quantitative estimate of drug-likeness (QED) is 0.765. The van der Waals surface area contributed by atoms with Gasteiger partial charge in [-0.2, -0.15) is 0 Å². The van der Waals surface area contributed by atoms with Gasteiger partial charge in [-0.1, -0.05) is 0 Å². The van der Waals surface area contributed by atoms with E-state index < -0.39 is 21.8 Å². The predicted molar refractivity (Wildman–Crippen MR) is 100 cm³/mol. The lowest BCUT2D eigenvalue weighted by atomic mass is 10.1. The van der Waals surface area contributed by atoms with E-state index in [1.807, 2.05) is 6.92 Å². The lowest BCUT2D eigenvalue weighted by Gasteiger charge is -2.09. The van der Waals surface area contributed by atoms with E-state index >= 15 is 0 Å². The van der Waals surface area contributed by atoms with Crippen LogP contribution in [0.4, 0.5) is 9.52 Å². The van der Waals surface area contributed by atoms with Crippen molar-refractivity contribution in [3.05, 3.63) is 35.0 Å². The zero-order chi connectivity index (χ0) is 17.9. The third kappa shape index (κ3) is 6.35. The van der Waals surface area contributed by atoms with Crippen molar-refractivity contribution < 1.29 is 17.6 Å². The fourth-order valence-electron chi connectivity index (χ4n) is 2.00. The average Bonchev–Trinajstić information content (AvgIpc) is 2.85. The fraction of sp³-hybridized carbons (Fsp3) is 0.333. The van der Waals surface area contributed by atoms with Crippen LogP contribution in [0.2, 0.25) is 0 Å². The van der Waals surface area contributed by atoms with Crippen LogP contribution in [0.15, 0.2) is 24.3 Å². The smallest absolute Gasteiger partial charge is 0.243 e. The first-order valence-electron chi connectivity index (χ1n) is 7.13. The summed E-state index contributed by atoms with van der Waals surface area (Å²) in [7, 11) is -3.17. The molecule has 6 nitrogen and oxygen atoms in total. The Kier molecular flexibility index (Phi) is 7.48. The minimum atomic E-state index is -3.17. The van der Waals surface area contributed by atoms with Gasteiger partial charge < -0.3 is 11.1 Å². The van der Waals surface area contributed by atoms with Gasteiger partial charge in [0.25, 0.3) is 0 Å². The van der Waals surface area contributed by atoms with Crippen molar-refractivity contribution >= 4 is 44.6 Å². The molecule has 0 saturated heterocycles. The number of carbonyl (C=O) groups is 1. The highest BCUT2D eigenvalue weighted by molar-refractivity contribution is 7.90. The minimum Gasteiger partial charge on any atom is -0.320 e. The molecule has 25 heavy (non-hydrogen) atoms. The Morgan fingerprint density at radius 2 is 1.96 bits per heavy atom. The molecule has 0 aliphatic rings. The van der Waals surface area contributed by atoms with Crippen LogP contribution in [0.25, 0.3) is 11.3 Å². The minimum absolute atomic E-state index is 0.